The van der Waals surface area contributed by atoms with E-state index in [-0.39, 0.29) is 43.9 Å². The first kappa shape index (κ1) is 33.2. The van der Waals surface area contributed by atoms with E-state index in [1.807, 2.05) is 78.8 Å². The van der Waals surface area contributed by atoms with Gasteiger partial charge in [-0.25, -0.2) is 0 Å². The molecular weight excluding hydrogens is 434 g/mol. The largest absolute Gasteiger partial charge is 0.352 e. The maximum atomic E-state index is 12.6. The van der Waals surface area contributed by atoms with Gasteiger partial charge in [0.25, 0.3) is 0 Å². The first-order chi connectivity index (χ1) is 16.3. The lowest BCUT2D eigenvalue weighted by Crippen LogP contribution is -2.52. The highest BCUT2D eigenvalue weighted by molar-refractivity contribution is 5.92. The Bertz CT molecular complexity index is 696. The third kappa shape index (κ3) is 17.6. The van der Waals surface area contributed by atoms with Gasteiger partial charge in [-0.15, -0.1) is 0 Å². The van der Waals surface area contributed by atoms with Crippen LogP contribution in [0.3, 0.4) is 0 Å². The van der Waals surface area contributed by atoms with Crippen LogP contribution < -0.4 is 26.6 Å². The molecular formula is C25H45N5O4. The Hall–Kier alpha value is -2.94. The third-order valence-corrected chi connectivity index (χ3v) is 3.97. The fraction of sp³-hybridized carbons (Fsp3) is 0.600. The Morgan fingerprint density at radius 3 is 1.88 bits per heavy atom. The van der Waals surface area contributed by atoms with Crippen molar-refractivity contribution in [2.45, 2.75) is 73.4 Å². The topological polar surface area (TPSA) is 128 Å². The fourth-order valence-electron chi connectivity index (χ4n) is 2.59. The summed E-state index contributed by atoms with van der Waals surface area (Å²) in [6.07, 6.45) is 1.16. The lowest BCUT2D eigenvalue weighted by molar-refractivity contribution is -0.130. The van der Waals surface area contributed by atoms with Crippen LogP contribution in [0, 0.1) is 0 Å². The van der Waals surface area contributed by atoms with E-state index in [1.165, 1.54) is 0 Å². The van der Waals surface area contributed by atoms with Gasteiger partial charge in [0, 0.05) is 12.5 Å². The molecule has 0 spiro atoms. The van der Waals surface area contributed by atoms with Gasteiger partial charge in [-0.3, -0.25) is 19.2 Å². The van der Waals surface area contributed by atoms with Crippen molar-refractivity contribution in [3.63, 3.8) is 0 Å². The summed E-state index contributed by atoms with van der Waals surface area (Å²) in [5, 5.41) is 13.3. The number of hydrogen-bond acceptors (Lipinski definition) is 5. The molecule has 5 N–H and O–H groups in total. The van der Waals surface area contributed by atoms with Gasteiger partial charge in [0.05, 0.1) is 19.6 Å². The van der Waals surface area contributed by atoms with E-state index in [1.54, 1.807) is 0 Å². The summed E-state index contributed by atoms with van der Waals surface area (Å²) in [5.74, 6) is -1.56. The molecule has 1 aromatic carbocycles. The highest BCUT2D eigenvalue weighted by atomic mass is 16.2. The highest BCUT2D eigenvalue weighted by Gasteiger charge is 2.22. The minimum Gasteiger partial charge on any atom is -0.352 e. The summed E-state index contributed by atoms with van der Waals surface area (Å²) in [4.78, 5) is 48.3. The van der Waals surface area contributed by atoms with Crippen LogP contribution in [0.5, 0.6) is 0 Å². The summed E-state index contributed by atoms with van der Waals surface area (Å²) in [7, 11) is 0. The number of carbonyl (C=O) groups excluding carboxylic acids is 4. The molecule has 9 heteroatoms. The van der Waals surface area contributed by atoms with Crippen molar-refractivity contribution in [3.05, 3.63) is 35.9 Å². The van der Waals surface area contributed by atoms with Crippen LogP contribution >= 0.6 is 0 Å². The third-order valence-electron chi connectivity index (χ3n) is 3.97. The van der Waals surface area contributed by atoms with Crippen LogP contribution in [0.1, 0.15) is 60.5 Å². The van der Waals surface area contributed by atoms with Crippen LogP contribution in [-0.4, -0.2) is 61.9 Å². The van der Waals surface area contributed by atoms with Crippen molar-refractivity contribution < 1.29 is 19.2 Å². The van der Waals surface area contributed by atoms with Gasteiger partial charge in [0.1, 0.15) is 6.04 Å². The number of amides is 4. The monoisotopic (exact) mass is 479 g/mol. The van der Waals surface area contributed by atoms with Crippen LogP contribution in [0.15, 0.2) is 30.3 Å². The standard InChI is InChI=1S/C21H33N5O4.2C2H6/c1-4-10-22-12-18(27)23-13-20(29)26-17(11-16-8-6-5-7-9-16)21(30)24-14-19(28)25-15(2)3;2*1-2/h5-9,15,17,22H,4,10-14H2,1-3H3,(H,23,27)(H,24,30)(H,25,28)(H,26,29);2*1-2H3. The van der Waals surface area contributed by atoms with Crippen LogP contribution in [0.4, 0.5) is 0 Å². The molecule has 0 aromatic heterocycles. The van der Waals surface area contributed by atoms with Crippen molar-refractivity contribution in [1.82, 2.24) is 26.6 Å². The van der Waals surface area contributed by atoms with E-state index in [9.17, 15) is 19.2 Å². The second-order valence-corrected chi connectivity index (χ2v) is 7.20. The van der Waals surface area contributed by atoms with Crippen LogP contribution in [0.2, 0.25) is 0 Å². The number of benzene rings is 1. The molecule has 194 valence electrons. The average molecular weight is 480 g/mol. The van der Waals surface area contributed by atoms with Gasteiger partial charge in [0.15, 0.2) is 0 Å². The van der Waals surface area contributed by atoms with E-state index in [2.05, 4.69) is 26.6 Å². The smallest absolute Gasteiger partial charge is 0.243 e. The normalized spacial score (nSPS) is 10.5. The molecule has 0 aliphatic rings. The average Bonchev–Trinajstić information content (AvgIpc) is 2.84. The van der Waals surface area contributed by atoms with Crippen LogP contribution in [0.25, 0.3) is 0 Å². The molecule has 0 aliphatic carbocycles. The number of carbonyl (C=O) groups is 4. The van der Waals surface area contributed by atoms with Crippen molar-refractivity contribution in [2.75, 3.05) is 26.2 Å². The molecule has 4 amide bonds. The SMILES string of the molecule is CC.CC.CCCNCC(=O)NCC(=O)NC(Cc1ccccc1)C(=O)NCC(=O)NC(C)C. The molecule has 1 aromatic rings. The van der Waals surface area contributed by atoms with Gasteiger partial charge in [-0.05, 0) is 32.4 Å². The van der Waals surface area contributed by atoms with E-state index in [0.717, 1.165) is 12.0 Å². The maximum absolute atomic E-state index is 12.6. The second kappa shape index (κ2) is 21.9. The van der Waals surface area contributed by atoms with Crippen molar-refractivity contribution >= 4 is 23.6 Å². The summed E-state index contributed by atoms with van der Waals surface area (Å²) < 4.78 is 0. The van der Waals surface area contributed by atoms with Gasteiger partial charge < -0.3 is 26.6 Å². The molecule has 0 radical (unpaired) electrons. The Morgan fingerprint density at radius 1 is 0.765 bits per heavy atom. The molecule has 0 aliphatic heterocycles. The minimum atomic E-state index is -0.873. The maximum Gasteiger partial charge on any atom is 0.243 e. The Morgan fingerprint density at radius 2 is 1.32 bits per heavy atom. The summed E-state index contributed by atoms with van der Waals surface area (Å²) in [5.41, 5.74) is 0.859. The lowest BCUT2D eigenvalue weighted by Gasteiger charge is -2.19. The predicted molar refractivity (Wildman–Crippen MR) is 137 cm³/mol. The summed E-state index contributed by atoms with van der Waals surface area (Å²) >= 11 is 0. The van der Waals surface area contributed by atoms with Gasteiger partial charge >= 0.3 is 0 Å². The molecule has 0 fully saturated rings. The minimum absolute atomic E-state index is 0.0374. The first-order valence-electron chi connectivity index (χ1n) is 12.2. The quantitative estimate of drug-likeness (QED) is 0.274. The summed E-state index contributed by atoms with van der Waals surface area (Å²) in [6.45, 7) is 14.1. The summed E-state index contributed by atoms with van der Waals surface area (Å²) in [6, 6.07) is 8.32. The van der Waals surface area contributed by atoms with Crippen molar-refractivity contribution in [2.24, 2.45) is 0 Å². The van der Waals surface area contributed by atoms with E-state index in [4.69, 9.17) is 0 Å². The van der Waals surface area contributed by atoms with Crippen molar-refractivity contribution in [1.29, 1.82) is 0 Å². The molecule has 34 heavy (non-hydrogen) atoms. The Balaban J connectivity index is 0. The van der Waals surface area contributed by atoms with E-state index in [0.29, 0.717) is 6.54 Å². The number of rotatable bonds is 13. The van der Waals surface area contributed by atoms with Gasteiger partial charge in [0.2, 0.25) is 23.6 Å². The van der Waals surface area contributed by atoms with Crippen molar-refractivity contribution in [3.8, 4) is 0 Å². The molecule has 0 bridgehead atoms. The molecule has 0 saturated carbocycles. The fourth-order valence-corrected chi connectivity index (χ4v) is 2.59. The molecule has 9 nitrogen and oxygen atoms in total. The molecule has 1 rings (SSSR count). The van der Waals surface area contributed by atoms with Gasteiger partial charge in [-0.1, -0.05) is 65.0 Å². The second-order valence-electron chi connectivity index (χ2n) is 7.20. The predicted octanol–water partition coefficient (Wildman–Crippen LogP) is 1.52. The number of hydrogen-bond donors (Lipinski definition) is 5. The molecule has 1 atom stereocenters. The first-order valence-corrected chi connectivity index (χ1v) is 12.2. The molecule has 0 saturated heterocycles. The number of nitrogens with one attached hydrogen (secondary N) is 5. The van der Waals surface area contributed by atoms with E-state index < -0.39 is 17.9 Å². The van der Waals surface area contributed by atoms with Crippen LogP contribution in [-0.2, 0) is 25.6 Å². The Labute approximate surface area is 205 Å². The zero-order valence-electron chi connectivity index (χ0n) is 21.9. The zero-order chi connectivity index (χ0) is 26.4. The molecule has 0 heterocycles. The molecule has 1 unspecified atom stereocenters. The Kier molecular flexibility index (Phi) is 21.4. The lowest BCUT2D eigenvalue weighted by atomic mass is 10.1. The highest BCUT2D eigenvalue weighted by Crippen LogP contribution is 2.03. The zero-order valence-corrected chi connectivity index (χ0v) is 21.9. The van der Waals surface area contributed by atoms with E-state index >= 15 is 0 Å². The van der Waals surface area contributed by atoms with Gasteiger partial charge in [-0.2, -0.15) is 0 Å².